The first-order valence-corrected chi connectivity index (χ1v) is 7.37. The average Bonchev–Trinajstić information content (AvgIpc) is 2.40. The molecule has 1 aromatic carbocycles. The van der Waals surface area contributed by atoms with Gasteiger partial charge in [-0.15, -0.1) is 0 Å². The Kier molecular flexibility index (Phi) is 6.70. The maximum Gasteiger partial charge on any atom is 0.405 e. The second kappa shape index (κ2) is 7.88. The highest BCUT2D eigenvalue weighted by molar-refractivity contribution is 6.36. The molecule has 2 amide bonds. The van der Waals surface area contributed by atoms with E-state index in [0.29, 0.717) is 5.02 Å². The molecule has 0 fully saturated rings. The van der Waals surface area contributed by atoms with Crippen LogP contribution in [0.5, 0.6) is 0 Å². The summed E-state index contributed by atoms with van der Waals surface area (Å²) in [5.41, 5.74) is 0.0744. The van der Waals surface area contributed by atoms with Gasteiger partial charge >= 0.3 is 6.18 Å². The van der Waals surface area contributed by atoms with Gasteiger partial charge in [0.25, 0.3) is 5.91 Å². The minimum absolute atomic E-state index is 0.0744. The largest absolute Gasteiger partial charge is 0.405 e. The molecule has 23 heavy (non-hydrogen) atoms. The number of hydrogen-bond donors (Lipinski definition) is 2. The molecule has 0 aliphatic rings. The Morgan fingerprint density at radius 3 is 2.30 bits per heavy atom. The van der Waals surface area contributed by atoms with Crippen LogP contribution in [0.3, 0.4) is 0 Å². The number of carbonyl (C=O) groups excluding carboxylic acids is 2. The van der Waals surface area contributed by atoms with Crippen molar-refractivity contribution in [1.82, 2.24) is 10.6 Å². The first-order valence-electron chi connectivity index (χ1n) is 6.61. The van der Waals surface area contributed by atoms with E-state index in [1.165, 1.54) is 18.2 Å². The van der Waals surface area contributed by atoms with E-state index in [1.807, 2.05) is 0 Å². The monoisotopic (exact) mass is 370 g/mol. The third-order valence-electron chi connectivity index (χ3n) is 2.87. The number of nitrogens with one attached hydrogen (secondary N) is 2. The van der Waals surface area contributed by atoms with Crippen molar-refractivity contribution in [2.75, 3.05) is 6.54 Å². The summed E-state index contributed by atoms with van der Waals surface area (Å²) in [6.45, 7) is 1.73. The normalized spacial score (nSPS) is 12.9. The molecule has 0 saturated carbocycles. The smallest absolute Gasteiger partial charge is 0.345 e. The van der Waals surface area contributed by atoms with Crippen LogP contribution in [0.1, 0.15) is 24.2 Å². The molecule has 2 N–H and O–H groups in total. The van der Waals surface area contributed by atoms with E-state index in [0.717, 1.165) is 0 Å². The van der Waals surface area contributed by atoms with Gasteiger partial charge in [0.1, 0.15) is 12.6 Å². The van der Waals surface area contributed by atoms with Crippen LogP contribution in [-0.2, 0) is 4.79 Å². The van der Waals surface area contributed by atoms with Crippen LogP contribution < -0.4 is 10.6 Å². The van der Waals surface area contributed by atoms with E-state index in [2.05, 4.69) is 5.32 Å². The van der Waals surface area contributed by atoms with Crippen molar-refractivity contribution in [1.29, 1.82) is 0 Å². The van der Waals surface area contributed by atoms with Gasteiger partial charge in [0, 0.05) is 5.02 Å². The van der Waals surface area contributed by atoms with Gasteiger partial charge in [0.05, 0.1) is 10.6 Å². The van der Waals surface area contributed by atoms with Gasteiger partial charge in [0.2, 0.25) is 5.91 Å². The summed E-state index contributed by atoms with van der Waals surface area (Å²) in [5, 5.41) is 4.54. The summed E-state index contributed by atoms with van der Waals surface area (Å²) in [6.07, 6.45) is -4.53. The highest BCUT2D eigenvalue weighted by Gasteiger charge is 2.31. The van der Waals surface area contributed by atoms with Crippen molar-refractivity contribution >= 4 is 35.0 Å². The van der Waals surface area contributed by atoms with Crippen LogP contribution in [0, 0.1) is 5.92 Å². The Balaban J connectivity index is 2.83. The fourth-order valence-electron chi connectivity index (χ4n) is 1.72. The van der Waals surface area contributed by atoms with Crippen molar-refractivity contribution in [3.63, 3.8) is 0 Å². The molecule has 1 aromatic rings. The molecule has 0 saturated heterocycles. The van der Waals surface area contributed by atoms with Crippen molar-refractivity contribution in [3.8, 4) is 0 Å². The molecule has 0 spiro atoms. The molecule has 0 bridgehead atoms. The number of carbonyl (C=O) groups is 2. The highest BCUT2D eigenvalue weighted by atomic mass is 35.5. The zero-order chi connectivity index (χ0) is 17.8. The lowest BCUT2D eigenvalue weighted by Crippen LogP contribution is -2.51. The predicted molar refractivity (Wildman–Crippen MR) is 81.6 cm³/mol. The summed E-state index contributed by atoms with van der Waals surface area (Å²) in [6, 6.07) is 3.03. The Bertz CT molecular complexity index is 592. The number of rotatable bonds is 5. The van der Waals surface area contributed by atoms with Crippen LogP contribution in [0.25, 0.3) is 0 Å². The summed E-state index contributed by atoms with van der Waals surface area (Å²) in [5.74, 6) is -2.01. The minimum Gasteiger partial charge on any atom is -0.345 e. The van der Waals surface area contributed by atoms with Crippen LogP contribution in [0.4, 0.5) is 13.2 Å². The molecule has 9 heteroatoms. The molecule has 0 unspecified atom stereocenters. The number of halogens is 5. The predicted octanol–water partition coefficient (Wildman–Crippen LogP) is 3.43. The van der Waals surface area contributed by atoms with Gasteiger partial charge in [-0.25, -0.2) is 0 Å². The highest BCUT2D eigenvalue weighted by Crippen LogP contribution is 2.21. The maximum atomic E-state index is 12.2. The summed E-state index contributed by atoms with van der Waals surface area (Å²) in [4.78, 5) is 24.0. The average molecular weight is 371 g/mol. The van der Waals surface area contributed by atoms with Gasteiger partial charge in [-0.05, 0) is 24.1 Å². The van der Waals surface area contributed by atoms with Crippen molar-refractivity contribution in [2.45, 2.75) is 26.1 Å². The molecule has 0 aliphatic carbocycles. The van der Waals surface area contributed by atoms with E-state index in [1.54, 1.807) is 19.2 Å². The zero-order valence-electron chi connectivity index (χ0n) is 12.3. The number of hydrogen-bond acceptors (Lipinski definition) is 2. The fraction of sp³-hybridized carbons (Fsp3) is 0.429. The summed E-state index contributed by atoms with van der Waals surface area (Å²) >= 11 is 11.6. The third kappa shape index (κ3) is 6.27. The quantitative estimate of drug-likeness (QED) is 0.833. The van der Waals surface area contributed by atoms with Gasteiger partial charge < -0.3 is 10.6 Å². The molecule has 0 radical (unpaired) electrons. The van der Waals surface area contributed by atoms with E-state index in [4.69, 9.17) is 23.2 Å². The molecule has 128 valence electrons. The topological polar surface area (TPSA) is 58.2 Å². The van der Waals surface area contributed by atoms with E-state index in [-0.39, 0.29) is 10.6 Å². The second-order valence-electron chi connectivity index (χ2n) is 5.15. The lowest BCUT2D eigenvalue weighted by Gasteiger charge is -2.22. The molecule has 0 heterocycles. The van der Waals surface area contributed by atoms with E-state index < -0.39 is 36.5 Å². The molecule has 0 aromatic heterocycles. The van der Waals surface area contributed by atoms with Gasteiger partial charge in [-0.2, -0.15) is 13.2 Å². The van der Waals surface area contributed by atoms with Crippen molar-refractivity contribution < 1.29 is 22.8 Å². The van der Waals surface area contributed by atoms with Crippen LogP contribution in [0.2, 0.25) is 10.0 Å². The number of amides is 2. The fourth-order valence-corrected chi connectivity index (χ4v) is 2.22. The maximum absolute atomic E-state index is 12.2. The SMILES string of the molecule is CC(C)[C@@H](NC(=O)c1ccc(Cl)cc1Cl)C(=O)NCC(F)(F)F. The molecular formula is C14H15Cl2F3N2O2. The Labute approximate surface area is 141 Å². The van der Waals surface area contributed by atoms with E-state index >= 15 is 0 Å². The second-order valence-corrected chi connectivity index (χ2v) is 6.00. The van der Waals surface area contributed by atoms with Crippen molar-refractivity contribution in [2.24, 2.45) is 5.92 Å². The zero-order valence-corrected chi connectivity index (χ0v) is 13.8. The van der Waals surface area contributed by atoms with Crippen LogP contribution >= 0.6 is 23.2 Å². The molecule has 1 atom stereocenters. The Morgan fingerprint density at radius 1 is 1.22 bits per heavy atom. The lowest BCUT2D eigenvalue weighted by atomic mass is 10.0. The Hall–Kier alpha value is -1.47. The van der Waals surface area contributed by atoms with E-state index in [9.17, 15) is 22.8 Å². The molecule has 4 nitrogen and oxygen atoms in total. The van der Waals surface area contributed by atoms with Crippen molar-refractivity contribution in [3.05, 3.63) is 33.8 Å². The third-order valence-corrected chi connectivity index (χ3v) is 3.42. The van der Waals surface area contributed by atoms with Gasteiger partial charge in [-0.3, -0.25) is 9.59 Å². The number of alkyl halides is 3. The summed E-state index contributed by atoms with van der Waals surface area (Å²) in [7, 11) is 0. The standard InChI is InChI=1S/C14H15Cl2F3N2O2/c1-7(2)11(13(23)20-6-14(17,18)19)21-12(22)9-4-3-8(15)5-10(9)16/h3-5,7,11H,6H2,1-2H3,(H,20,23)(H,21,22)/t11-/m1/s1. The molecular weight excluding hydrogens is 356 g/mol. The number of benzene rings is 1. The van der Waals surface area contributed by atoms with Gasteiger partial charge in [-0.1, -0.05) is 37.0 Å². The van der Waals surface area contributed by atoms with Crippen LogP contribution in [-0.4, -0.2) is 30.6 Å². The molecule has 0 aliphatic heterocycles. The first kappa shape index (κ1) is 19.6. The van der Waals surface area contributed by atoms with Gasteiger partial charge in [0.15, 0.2) is 0 Å². The minimum atomic E-state index is -4.53. The summed E-state index contributed by atoms with van der Waals surface area (Å²) < 4.78 is 36.5. The van der Waals surface area contributed by atoms with Crippen LogP contribution in [0.15, 0.2) is 18.2 Å². The molecule has 1 rings (SSSR count). The first-order chi connectivity index (χ1) is 10.5. The lowest BCUT2D eigenvalue weighted by molar-refractivity contribution is -0.140. The Morgan fingerprint density at radius 2 is 1.83 bits per heavy atom.